The van der Waals surface area contributed by atoms with Crippen LogP contribution in [0.2, 0.25) is 10.0 Å². The molecule has 2 amide bonds. The van der Waals surface area contributed by atoms with Gasteiger partial charge in [-0.15, -0.1) is 22.7 Å². The van der Waals surface area contributed by atoms with Crippen LogP contribution < -0.4 is 10.9 Å². The van der Waals surface area contributed by atoms with Crippen LogP contribution in [0.5, 0.6) is 0 Å². The van der Waals surface area contributed by atoms with Crippen molar-refractivity contribution >= 4 is 57.7 Å². The van der Waals surface area contributed by atoms with E-state index in [9.17, 15) is 9.59 Å². The van der Waals surface area contributed by atoms with Gasteiger partial charge in [-0.3, -0.25) is 20.4 Å². The van der Waals surface area contributed by atoms with Crippen molar-refractivity contribution in [2.45, 2.75) is 0 Å². The number of amides is 2. The van der Waals surface area contributed by atoms with Crippen LogP contribution >= 0.6 is 45.9 Å². The van der Waals surface area contributed by atoms with Gasteiger partial charge in [0.1, 0.15) is 10.7 Å². The summed E-state index contributed by atoms with van der Waals surface area (Å²) in [5.74, 6) is -0.874. The third-order valence-electron chi connectivity index (χ3n) is 2.94. The van der Waals surface area contributed by atoms with Crippen LogP contribution in [0.15, 0.2) is 41.1 Å². The largest absolute Gasteiger partial charge is 0.289 e. The summed E-state index contributed by atoms with van der Waals surface area (Å²) in [4.78, 5) is 28.6. The molecule has 0 aliphatic carbocycles. The maximum atomic E-state index is 12.1. The first-order chi connectivity index (χ1) is 11.5. The van der Waals surface area contributed by atoms with Crippen molar-refractivity contribution in [3.63, 3.8) is 0 Å². The summed E-state index contributed by atoms with van der Waals surface area (Å²) in [7, 11) is 0. The fourth-order valence-electron chi connectivity index (χ4n) is 1.79. The Kier molecular flexibility index (Phi) is 5.15. The molecular formula is C15H9Cl2N3O2S2. The Morgan fingerprint density at radius 2 is 1.79 bits per heavy atom. The fourth-order valence-corrected chi connectivity index (χ4v) is 3.50. The van der Waals surface area contributed by atoms with Crippen molar-refractivity contribution in [3.8, 4) is 10.6 Å². The number of halogens is 2. The van der Waals surface area contributed by atoms with E-state index < -0.39 is 5.91 Å². The molecular weight excluding hydrogens is 389 g/mol. The third-order valence-corrected chi connectivity index (χ3v) is 5.44. The zero-order valence-corrected chi connectivity index (χ0v) is 15.0. The first kappa shape index (κ1) is 16.9. The number of hydrogen-bond donors (Lipinski definition) is 2. The van der Waals surface area contributed by atoms with Gasteiger partial charge < -0.3 is 0 Å². The maximum absolute atomic E-state index is 12.1. The van der Waals surface area contributed by atoms with Gasteiger partial charge in [-0.05, 0) is 23.6 Å². The second-order valence-corrected chi connectivity index (χ2v) is 7.17. The van der Waals surface area contributed by atoms with Crippen molar-refractivity contribution in [2.75, 3.05) is 0 Å². The summed E-state index contributed by atoms with van der Waals surface area (Å²) in [5, 5.41) is 4.87. The van der Waals surface area contributed by atoms with Crippen LogP contribution in [-0.4, -0.2) is 16.8 Å². The summed E-state index contributed by atoms with van der Waals surface area (Å²) in [5.41, 5.74) is 5.65. The van der Waals surface area contributed by atoms with Crippen LogP contribution in [-0.2, 0) is 0 Å². The van der Waals surface area contributed by atoms with Gasteiger partial charge in [0.05, 0.1) is 14.9 Å². The number of hydrazine groups is 1. The van der Waals surface area contributed by atoms with E-state index in [0.29, 0.717) is 19.9 Å². The highest BCUT2D eigenvalue weighted by Crippen LogP contribution is 2.30. The van der Waals surface area contributed by atoms with Crippen LogP contribution in [0, 0.1) is 0 Å². The second kappa shape index (κ2) is 7.31. The lowest BCUT2D eigenvalue weighted by Gasteiger charge is -2.04. The summed E-state index contributed by atoms with van der Waals surface area (Å²) in [6.07, 6.45) is 0. The van der Waals surface area contributed by atoms with Crippen molar-refractivity contribution in [1.82, 2.24) is 15.8 Å². The molecule has 0 fully saturated rings. The molecule has 0 unspecified atom stereocenters. The van der Waals surface area contributed by atoms with Crippen LogP contribution in [0.25, 0.3) is 10.6 Å². The first-order valence-corrected chi connectivity index (χ1v) is 9.11. The summed E-state index contributed by atoms with van der Waals surface area (Å²) in [6, 6.07) is 8.54. The van der Waals surface area contributed by atoms with E-state index in [4.69, 9.17) is 23.2 Å². The average Bonchev–Trinajstić information content (AvgIpc) is 3.26. The van der Waals surface area contributed by atoms with E-state index in [-0.39, 0.29) is 11.6 Å². The third kappa shape index (κ3) is 3.76. The molecule has 24 heavy (non-hydrogen) atoms. The Hall–Kier alpha value is -1.93. The highest BCUT2D eigenvalue weighted by molar-refractivity contribution is 7.13. The molecule has 0 atom stereocenters. The summed E-state index contributed by atoms with van der Waals surface area (Å²) < 4.78 is 0. The maximum Gasteiger partial charge on any atom is 0.289 e. The minimum atomic E-state index is -0.498. The van der Waals surface area contributed by atoms with Gasteiger partial charge in [-0.1, -0.05) is 35.3 Å². The highest BCUT2D eigenvalue weighted by atomic mass is 35.5. The average molecular weight is 398 g/mol. The number of thiophene rings is 1. The number of aromatic nitrogens is 1. The summed E-state index contributed by atoms with van der Waals surface area (Å²) in [6.45, 7) is 0. The quantitative estimate of drug-likeness (QED) is 0.648. The van der Waals surface area contributed by atoms with Gasteiger partial charge in [0.2, 0.25) is 0 Å². The Balaban J connectivity index is 1.67. The number of benzene rings is 1. The first-order valence-electron chi connectivity index (χ1n) is 6.60. The van der Waals surface area contributed by atoms with Gasteiger partial charge in [0, 0.05) is 10.9 Å². The number of thiazole rings is 1. The zero-order chi connectivity index (χ0) is 17.1. The van der Waals surface area contributed by atoms with Crippen molar-refractivity contribution in [3.05, 3.63) is 61.7 Å². The van der Waals surface area contributed by atoms with E-state index in [1.807, 2.05) is 0 Å². The normalized spacial score (nSPS) is 10.4. The molecule has 0 saturated heterocycles. The Labute approximate surface area is 155 Å². The molecule has 0 spiro atoms. The molecule has 0 aliphatic heterocycles. The molecule has 0 bridgehead atoms. The molecule has 2 N–H and O–H groups in total. The van der Waals surface area contributed by atoms with Gasteiger partial charge in [0.15, 0.2) is 0 Å². The predicted molar refractivity (Wildman–Crippen MR) is 96.8 cm³/mol. The van der Waals surface area contributed by atoms with Crippen molar-refractivity contribution in [1.29, 1.82) is 0 Å². The molecule has 2 aromatic heterocycles. The number of nitrogens with zero attached hydrogens (tertiary/aromatic N) is 1. The van der Waals surface area contributed by atoms with Crippen LogP contribution in [0.4, 0.5) is 0 Å². The monoisotopic (exact) mass is 397 g/mol. The minimum Gasteiger partial charge on any atom is -0.266 e. The molecule has 3 rings (SSSR count). The summed E-state index contributed by atoms with van der Waals surface area (Å²) >= 11 is 14.4. The van der Waals surface area contributed by atoms with Gasteiger partial charge in [-0.2, -0.15) is 0 Å². The molecule has 5 nitrogen and oxygen atoms in total. The van der Waals surface area contributed by atoms with Gasteiger partial charge in [0.25, 0.3) is 11.8 Å². The molecule has 3 aromatic rings. The molecule has 0 saturated carbocycles. The lowest BCUT2D eigenvalue weighted by molar-refractivity contribution is 0.0846. The lowest BCUT2D eigenvalue weighted by atomic mass is 10.2. The number of carbonyl (C=O) groups excluding carboxylic acids is 2. The Morgan fingerprint density at radius 3 is 2.50 bits per heavy atom. The number of rotatable bonds is 3. The van der Waals surface area contributed by atoms with Crippen LogP contribution in [0.1, 0.15) is 20.2 Å². The van der Waals surface area contributed by atoms with Crippen molar-refractivity contribution in [2.24, 2.45) is 0 Å². The second-order valence-electron chi connectivity index (χ2n) is 4.55. The number of carbonyl (C=O) groups is 2. The fraction of sp³-hybridized carbons (Fsp3) is 0. The lowest BCUT2D eigenvalue weighted by Crippen LogP contribution is -2.41. The number of hydrogen-bond acceptors (Lipinski definition) is 5. The van der Waals surface area contributed by atoms with E-state index in [1.54, 1.807) is 41.1 Å². The van der Waals surface area contributed by atoms with E-state index in [1.165, 1.54) is 22.7 Å². The SMILES string of the molecule is O=C(NNC(=O)c1cccs1)c1csc(-c2ccc(Cl)c(Cl)c2)n1. The Bertz CT molecular complexity index is 894. The van der Waals surface area contributed by atoms with E-state index in [2.05, 4.69) is 15.8 Å². The smallest absolute Gasteiger partial charge is 0.266 e. The van der Waals surface area contributed by atoms with Crippen LogP contribution in [0.3, 0.4) is 0 Å². The minimum absolute atomic E-state index is 0.201. The van der Waals surface area contributed by atoms with Crippen molar-refractivity contribution < 1.29 is 9.59 Å². The zero-order valence-electron chi connectivity index (χ0n) is 11.9. The molecule has 122 valence electrons. The standard InChI is InChI=1S/C15H9Cl2N3O2S2/c16-9-4-3-8(6-10(9)17)15-18-11(7-24-15)13(21)19-20-14(22)12-2-1-5-23-12/h1-7H,(H,19,21)(H,20,22). The Morgan fingerprint density at radius 1 is 1.00 bits per heavy atom. The van der Waals surface area contributed by atoms with Gasteiger partial charge in [-0.25, -0.2) is 4.98 Å². The molecule has 0 aliphatic rings. The highest BCUT2D eigenvalue weighted by Gasteiger charge is 2.14. The van der Waals surface area contributed by atoms with E-state index in [0.717, 1.165) is 5.56 Å². The predicted octanol–water partition coefficient (Wildman–Crippen LogP) is 4.25. The van der Waals surface area contributed by atoms with Gasteiger partial charge >= 0.3 is 0 Å². The molecule has 9 heteroatoms. The molecule has 2 heterocycles. The van der Waals surface area contributed by atoms with E-state index >= 15 is 0 Å². The molecule has 1 aromatic carbocycles. The number of nitrogens with one attached hydrogen (secondary N) is 2. The molecule has 0 radical (unpaired) electrons. The topological polar surface area (TPSA) is 71.1 Å².